The van der Waals surface area contributed by atoms with Crippen LogP contribution in [0.2, 0.25) is 0 Å². The first-order chi connectivity index (χ1) is 6.69. The quantitative estimate of drug-likeness (QED) is 0.509. The summed E-state index contributed by atoms with van der Waals surface area (Å²) in [5.74, 6) is 0.550. The normalized spacial score (nSPS) is 10.2. The van der Waals surface area contributed by atoms with Gasteiger partial charge in [0.05, 0.1) is 0 Å². The van der Waals surface area contributed by atoms with E-state index in [2.05, 4.69) is 28.6 Å². The van der Waals surface area contributed by atoms with Crippen LogP contribution in [0.4, 0.5) is 0 Å². The lowest BCUT2D eigenvalue weighted by Crippen LogP contribution is -2.01. The van der Waals surface area contributed by atoms with Crippen LogP contribution in [0, 0.1) is 0 Å². The number of benzene rings is 1. The Bertz CT molecular complexity index is 341. The molecule has 76 valence electrons. The lowest BCUT2D eigenvalue weighted by atomic mass is 10.1. The molecular weight excluding hydrogens is 284 g/mol. The number of thiol groups is 1. The van der Waals surface area contributed by atoms with Crippen LogP contribution in [0.3, 0.4) is 0 Å². The maximum atomic E-state index is 11.6. The molecule has 0 aromatic heterocycles. The molecule has 0 saturated carbocycles. The molecule has 0 spiro atoms. The van der Waals surface area contributed by atoms with E-state index in [1.54, 1.807) is 6.07 Å². The van der Waals surface area contributed by atoms with Crippen molar-refractivity contribution in [2.75, 3.05) is 5.33 Å². The lowest BCUT2D eigenvalue weighted by Gasteiger charge is -2.04. The van der Waals surface area contributed by atoms with E-state index in [0.29, 0.717) is 28.1 Å². The van der Waals surface area contributed by atoms with Gasteiger partial charge < -0.3 is 0 Å². The van der Waals surface area contributed by atoms with Gasteiger partial charge in [-0.3, -0.25) is 4.79 Å². The summed E-state index contributed by atoms with van der Waals surface area (Å²) in [6.07, 6.45) is 0.494. The van der Waals surface area contributed by atoms with Crippen molar-refractivity contribution >= 4 is 45.9 Å². The Morgan fingerprint density at radius 3 is 2.71 bits per heavy atom. The van der Waals surface area contributed by atoms with Crippen LogP contribution in [0.25, 0.3) is 0 Å². The minimum absolute atomic E-state index is 0.105. The number of halogens is 2. The molecular formula is C10H10BrClOS. The Morgan fingerprint density at radius 1 is 1.50 bits per heavy atom. The van der Waals surface area contributed by atoms with E-state index < -0.39 is 0 Å². The van der Waals surface area contributed by atoms with Gasteiger partial charge in [-0.25, -0.2) is 0 Å². The zero-order chi connectivity index (χ0) is 10.6. The second kappa shape index (κ2) is 5.79. The second-order valence-corrected chi connectivity index (χ2v) is 4.39. The van der Waals surface area contributed by atoms with Crippen LogP contribution >= 0.6 is 40.2 Å². The van der Waals surface area contributed by atoms with E-state index in [9.17, 15) is 4.79 Å². The predicted molar refractivity (Wildman–Crippen MR) is 66.0 cm³/mol. The Balaban J connectivity index is 2.94. The average molecular weight is 294 g/mol. The first-order valence-corrected chi connectivity index (χ1v) is 6.26. The molecule has 0 unspecified atom stereocenters. The molecule has 4 heteroatoms. The van der Waals surface area contributed by atoms with Gasteiger partial charge in [0.2, 0.25) is 0 Å². The highest BCUT2D eigenvalue weighted by atomic mass is 79.9. The monoisotopic (exact) mass is 292 g/mol. The molecule has 1 nitrogen and oxygen atoms in total. The van der Waals surface area contributed by atoms with Gasteiger partial charge >= 0.3 is 0 Å². The van der Waals surface area contributed by atoms with E-state index in [0.717, 1.165) is 5.56 Å². The molecule has 0 fully saturated rings. The molecule has 0 radical (unpaired) electrons. The van der Waals surface area contributed by atoms with Gasteiger partial charge in [-0.05, 0) is 17.7 Å². The molecule has 1 rings (SSSR count). The number of carbonyl (C=O) groups is 1. The van der Waals surface area contributed by atoms with Crippen molar-refractivity contribution in [1.29, 1.82) is 0 Å². The average Bonchev–Trinajstić information content (AvgIpc) is 2.17. The van der Waals surface area contributed by atoms with Crippen LogP contribution in [0.5, 0.6) is 0 Å². The number of ketones is 1. The van der Waals surface area contributed by atoms with Crippen molar-refractivity contribution < 1.29 is 4.79 Å². The summed E-state index contributed by atoms with van der Waals surface area (Å²) in [5.41, 5.74) is 1.65. The number of carbonyl (C=O) groups excluding carboxylic acids is 1. The summed E-state index contributed by atoms with van der Waals surface area (Å²) >= 11 is 13.2. The summed E-state index contributed by atoms with van der Waals surface area (Å²) < 4.78 is 0. The maximum absolute atomic E-state index is 11.6. The van der Waals surface area contributed by atoms with Crippen molar-refractivity contribution in [3.05, 3.63) is 29.3 Å². The second-order valence-electron chi connectivity index (χ2n) is 2.85. The third-order valence-electron chi connectivity index (χ3n) is 1.84. The van der Waals surface area contributed by atoms with Crippen LogP contribution < -0.4 is 0 Å². The highest BCUT2D eigenvalue weighted by Gasteiger charge is 2.08. The zero-order valence-corrected chi connectivity index (χ0v) is 10.7. The molecule has 0 heterocycles. The van der Waals surface area contributed by atoms with Gasteiger partial charge in [0, 0.05) is 28.1 Å². The molecule has 14 heavy (non-hydrogen) atoms. The largest absolute Gasteiger partial charge is 0.294 e. The van der Waals surface area contributed by atoms with Gasteiger partial charge in [-0.15, -0.1) is 24.2 Å². The van der Waals surface area contributed by atoms with Crippen molar-refractivity contribution in [2.45, 2.75) is 17.2 Å². The Labute approximate surface area is 102 Å². The molecule has 0 saturated heterocycles. The summed E-state index contributed by atoms with van der Waals surface area (Å²) in [5, 5.41) is 0.677. The molecule has 1 aromatic carbocycles. The summed E-state index contributed by atoms with van der Waals surface area (Å²) in [7, 11) is 0. The number of Topliss-reactive ketones (excluding diaryl/α,β-unsaturated/α-hetero) is 1. The first-order valence-electron chi connectivity index (χ1n) is 4.16. The van der Waals surface area contributed by atoms with Gasteiger partial charge in [0.1, 0.15) is 0 Å². The van der Waals surface area contributed by atoms with Gasteiger partial charge in [-0.1, -0.05) is 22.0 Å². The summed E-state index contributed by atoms with van der Waals surface area (Å²) in [4.78, 5) is 12.3. The molecule has 0 bridgehead atoms. The fourth-order valence-electron chi connectivity index (χ4n) is 1.12. The van der Waals surface area contributed by atoms with E-state index in [1.807, 2.05) is 12.1 Å². The number of alkyl halides is 2. The zero-order valence-electron chi connectivity index (χ0n) is 7.46. The fourth-order valence-corrected chi connectivity index (χ4v) is 2.01. The number of hydrogen-bond donors (Lipinski definition) is 1. The molecule has 0 aliphatic rings. The van der Waals surface area contributed by atoms with Gasteiger partial charge in [0.25, 0.3) is 0 Å². The molecule has 0 aliphatic carbocycles. The third kappa shape index (κ3) is 3.01. The highest BCUT2D eigenvalue weighted by molar-refractivity contribution is 9.09. The van der Waals surface area contributed by atoms with Crippen LogP contribution in [0.1, 0.15) is 22.3 Å². The number of hydrogen-bond acceptors (Lipinski definition) is 2. The number of rotatable bonds is 4. The molecule has 0 N–H and O–H groups in total. The summed E-state index contributed by atoms with van der Waals surface area (Å²) in [6, 6.07) is 5.47. The molecule has 0 atom stereocenters. The van der Waals surface area contributed by atoms with Crippen LogP contribution in [-0.2, 0) is 5.88 Å². The molecule has 1 aromatic rings. The van der Waals surface area contributed by atoms with Gasteiger partial charge in [0.15, 0.2) is 5.78 Å². The standard InChI is InChI=1S/C10H10BrClOS/c11-4-3-9(13)8-2-1-7(6-12)5-10(8)14/h1-2,5,14H,3-4,6H2. The minimum Gasteiger partial charge on any atom is -0.294 e. The Hall–Kier alpha value is 0.01000. The van der Waals surface area contributed by atoms with E-state index in [4.69, 9.17) is 11.6 Å². The first kappa shape index (κ1) is 12.1. The van der Waals surface area contributed by atoms with Crippen molar-refractivity contribution in [3.8, 4) is 0 Å². The fraction of sp³-hybridized carbons (Fsp3) is 0.300. The van der Waals surface area contributed by atoms with Crippen molar-refractivity contribution in [2.24, 2.45) is 0 Å². The molecule has 0 aliphatic heterocycles. The van der Waals surface area contributed by atoms with Gasteiger partial charge in [-0.2, -0.15) is 0 Å². The summed E-state index contributed by atoms with van der Waals surface area (Å²) in [6.45, 7) is 0. The topological polar surface area (TPSA) is 17.1 Å². The predicted octanol–water partition coefficient (Wildman–Crippen LogP) is 3.68. The van der Waals surface area contributed by atoms with E-state index in [1.165, 1.54) is 0 Å². The van der Waals surface area contributed by atoms with Crippen molar-refractivity contribution in [3.63, 3.8) is 0 Å². The minimum atomic E-state index is 0.105. The van der Waals surface area contributed by atoms with Crippen LogP contribution in [-0.4, -0.2) is 11.1 Å². The smallest absolute Gasteiger partial charge is 0.164 e. The van der Waals surface area contributed by atoms with Crippen LogP contribution in [0.15, 0.2) is 23.1 Å². The SMILES string of the molecule is O=C(CCBr)c1ccc(CCl)cc1S. The van der Waals surface area contributed by atoms with Crippen molar-refractivity contribution in [1.82, 2.24) is 0 Å². The lowest BCUT2D eigenvalue weighted by molar-refractivity contribution is 0.0987. The van der Waals surface area contributed by atoms with E-state index >= 15 is 0 Å². The van der Waals surface area contributed by atoms with E-state index in [-0.39, 0.29) is 5.78 Å². The Morgan fingerprint density at radius 2 is 2.21 bits per heavy atom. The third-order valence-corrected chi connectivity index (χ3v) is 2.91. The Kier molecular flexibility index (Phi) is 4.99. The maximum Gasteiger partial charge on any atom is 0.164 e. The molecule has 0 amide bonds. The highest BCUT2D eigenvalue weighted by Crippen LogP contribution is 2.19.